The number of hydrogen-bond donors (Lipinski definition) is 1. The Balaban J connectivity index is 2.46. The fourth-order valence-corrected chi connectivity index (χ4v) is 1.80. The lowest BCUT2D eigenvalue weighted by atomic mass is 9.91. The van der Waals surface area contributed by atoms with E-state index in [1.165, 1.54) is 5.56 Å². The van der Waals surface area contributed by atoms with Gasteiger partial charge in [-0.3, -0.25) is 0 Å². The molecule has 0 saturated heterocycles. The van der Waals surface area contributed by atoms with Crippen LogP contribution in [0.15, 0.2) is 42.5 Å². The number of aliphatic hydroxyl groups is 1. The molecule has 0 spiro atoms. The zero-order valence-corrected chi connectivity index (χ0v) is 9.66. The van der Waals surface area contributed by atoms with Crippen LogP contribution in [-0.4, -0.2) is 10.7 Å². The van der Waals surface area contributed by atoms with Crippen molar-refractivity contribution in [3.8, 4) is 0 Å². The molecule has 1 aromatic carbocycles. The molecule has 0 fully saturated rings. The Kier molecular flexibility index (Phi) is 4.10. The minimum absolute atomic E-state index is 0.623. The topological polar surface area (TPSA) is 20.2 Å². The molecule has 0 aliphatic heterocycles. The van der Waals surface area contributed by atoms with Gasteiger partial charge in [0.1, 0.15) is 0 Å². The molecule has 1 nitrogen and oxygen atoms in total. The van der Waals surface area contributed by atoms with E-state index in [2.05, 4.69) is 18.7 Å². The van der Waals surface area contributed by atoms with E-state index in [9.17, 15) is 5.11 Å². The van der Waals surface area contributed by atoms with Crippen LogP contribution < -0.4 is 0 Å². The van der Waals surface area contributed by atoms with Gasteiger partial charge in [-0.2, -0.15) is 0 Å². The standard InChI is InChI=1S/C14H20O/c1-12(2)11-14(3,15)10-9-13-7-5-4-6-8-13/h4-8,15H,1,9-11H2,2-3H3. The Bertz CT molecular complexity index is 311. The van der Waals surface area contributed by atoms with E-state index >= 15 is 0 Å². The van der Waals surface area contributed by atoms with Crippen LogP contribution in [-0.2, 0) is 6.42 Å². The average molecular weight is 204 g/mol. The van der Waals surface area contributed by atoms with E-state index < -0.39 is 5.60 Å². The van der Waals surface area contributed by atoms with Crippen LogP contribution in [0.25, 0.3) is 0 Å². The van der Waals surface area contributed by atoms with E-state index in [-0.39, 0.29) is 0 Å². The highest BCUT2D eigenvalue weighted by Gasteiger charge is 2.19. The van der Waals surface area contributed by atoms with Crippen LogP contribution in [0.1, 0.15) is 32.3 Å². The van der Waals surface area contributed by atoms with Crippen molar-refractivity contribution in [1.29, 1.82) is 0 Å². The van der Waals surface area contributed by atoms with Gasteiger partial charge in [-0.05, 0) is 38.7 Å². The summed E-state index contributed by atoms with van der Waals surface area (Å²) in [6.07, 6.45) is 2.38. The van der Waals surface area contributed by atoms with E-state index in [4.69, 9.17) is 0 Å². The van der Waals surface area contributed by atoms with Crippen LogP contribution in [0.4, 0.5) is 0 Å². The van der Waals surface area contributed by atoms with Crippen molar-refractivity contribution >= 4 is 0 Å². The summed E-state index contributed by atoms with van der Waals surface area (Å²) in [6, 6.07) is 10.3. The first-order chi connectivity index (χ1) is 6.99. The maximum absolute atomic E-state index is 10.1. The van der Waals surface area contributed by atoms with Crippen LogP contribution in [0.3, 0.4) is 0 Å². The maximum atomic E-state index is 10.1. The quantitative estimate of drug-likeness (QED) is 0.729. The van der Waals surface area contributed by atoms with Crippen molar-refractivity contribution in [2.24, 2.45) is 0 Å². The third-order valence-electron chi connectivity index (χ3n) is 2.48. The van der Waals surface area contributed by atoms with Gasteiger partial charge >= 0.3 is 0 Å². The number of aryl methyl sites for hydroxylation is 1. The third kappa shape index (κ3) is 4.80. The van der Waals surface area contributed by atoms with Crippen molar-refractivity contribution in [2.75, 3.05) is 0 Å². The van der Waals surface area contributed by atoms with Gasteiger partial charge in [-0.25, -0.2) is 0 Å². The van der Waals surface area contributed by atoms with Gasteiger partial charge in [0.25, 0.3) is 0 Å². The average Bonchev–Trinajstić information content (AvgIpc) is 2.15. The van der Waals surface area contributed by atoms with Gasteiger partial charge in [-0.1, -0.05) is 35.9 Å². The molecule has 0 aliphatic carbocycles. The van der Waals surface area contributed by atoms with Gasteiger partial charge < -0.3 is 5.11 Å². The molecule has 1 aromatic rings. The summed E-state index contributed by atoms with van der Waals surface area (Å²) in [7, 11) is 0. The van der Waals surface area contributed by atoms with Crippen LogP contribution in [0.5, 0.6) is 0 Å². The molecular formula is C14H20O. The zero-order valence-electron chi connectivity index (χ0n) is 9.66. The molecule has 0 bridgehead atoms. The van der Waals surface area contributed by atoms with E-state index in [1.807, 2.05) is 32.0 Å². The Morgan fingerprint density at radius 1 is 1.33 bits per heavy atom. The minimum Gasteiger partial charge on any atom is -0.390 e. The largest absolute Gasteiger partial charge is 0.390 e. The smallest absolute Gasteiger partial charge is 0.0659 e. The summed E-state index contributed by atoms with van der Waals surface area (Å²) < 4.78 is 0. The van der Waals surface area contributed by atoms with E-state index in [0.29, 0.717) is 6.42 Å². The van der Waals surface area contributed by atoms with Crippen molar-refractivity contribution in [3.63, 3.8) is 0 Å². The lowest BCUT2D eigenvalue weighted by molar-refractivity contribution is 0.0517. The molecule has 0 aromatic heterocycles. The highest BCUT2D eigenvalue weighted by atomic mass is 16.3. The first kappa shape index (κ1) is 12.0. The molecule has 1 unspecified atom stereocenters. The first-order valence-electron chi connectivity index (χ1n) is 5.40. The highest BCUT2D eigenvalue weighted by Crippen LogP contribution is 2.21. The Morgan fingerprint density at radius 2 is 1.93 bits per heavy atom. The maximum Gasteiger partial charge on any atom is 0.0659 e. The predicted molar refractivity (Wildman–Crippen MR) is 64.8 cm³/mol. The van der Waals surface area contributed by atoms with Crippen molar-refractivity contribution in [1.82, 2.24) is 0 Å². The second kappa shape index (κ2) is 5.13. The van der Waals surface area contributed by atoms with Crippen molar-refractivity contribution in [2.45, 2.75) is 38.7 Å². The molecule has 0 radical (unpaired) electrons. The summed E-state index contributed by atoms with van der Waals surface area (Å²) in [4.78, 5) is 0. The molecular weight excluding hydrogens is 184 g/mol. The van der Waals surface area contributed by atoms with Crippen LogP contribution in [0, 0.1) is 0 Å². The van der Waals surface area contributed by atoms with Gasteiger partial charge in [0.05, 0.1) is 5.60 Å². The fraction of sp³-hybridized carbons (Fsp3) is 0.429. The Morgan fingerprint density at radius 3 is 2.47 bits per heavy atom. The van der Waals surface area contributed by atoms with Gasteiger partial charge in [0.15, 0.2) is 0 Å². The zero-order chi connectivity index (χ0) is 11.3. The molecule has 15 heavy (non-hydrogen) atoms. The van der Waals surface area contributed by atoms with Crippen molar-refractivity contribution < 1.29 is 5.11 Å². The number of benzene rings is 1. The Hall–Kier alpha value is -1.08. The monoisotopic (exact) mass is 204 g/mol. The van der Waals surface area contributed by atoms with Crippen molar-refractivity contribution in [3.05, 3.63) is 48.0 Å². The van der Waals surface area contributed by atoms with Gasteiger partial charge in [0.2, 0.25) is 0 Å². The van der Waals surface area contributed by atoms with Crippen LogP contribution in [0.2, 0.25) is 0 Å². The van der Waals surface area contributed by atoms with Gasteiger partial charge in [-0.15, -0.1) is 6.58 Å². The molecule has 1 atom stereocenters. The Labute approximate surface area is 92.5 Å². The number of hydrogen-bond acceptors (Lipinski definition) is 1. The summed E-state index contributed by atoms with van der Waals surface area (Å²) in [5, 5.41) is 10.1. The van der Waals surface area contributed by atoms with Crippen LogP contribution >= 0.6 is 0 Å². The second-order valence-electron chi connectivity index (χ2n) is 4.62. The number of rotatable bonds is 5. The summed E-state index contributed by atoms with van der Waals surface area (Å²) >= 11 is 0. The van der Waals surface area contributed by atoms with Gasteiger partial charge in [0, 0.05) is 0 Å². The molecule has 0 amide bonds. The summed E-state index contributed by atoms with van der Waals surface area (Å²) in [5.41, 5.74) is 1.69. The molecule has 1 rings (SSSR count). The SMILES string of the molecule is C=C(C)CC(C)(O)CCc1ccccc1. The molecule has 82 valence electrons. The lowest BCUT2D eigenvalue weighted by Crippen LogP contribution is -2.24. The normalized spacial score (nSPS) is 14.6. The predicted octanol–water partition coefficient (Wildman–Crippen LogP) is 3.34. The molecule has 0 heterocycles. The molecule has 0 aliphatic rings. The summed E-state index contributed by atoms with van der Waals surface area (Å²) in [5.74, 6) is 0. The minimum atomic E-state index is -0.623. The summed E-state index contributed by atoms with van der Waals surface area (Å²) in [6.45, 7) is 7.67. The highest BCUT2D eigenvalue weighted by molar-refractivity contribution is 5.15. The molecule has 0 saturated carbocycles. The van der Waals surface area contributed by atoms with E-state index in [0.717, 1.165) is 18.4 Å². The second-order valence-corrected chi connectivity index (χ2v) is 4.62. The van der Waals surface area contributed by atoms with E-state index in [1.54, 1.807) is 0 Å². The first-order valence-corrected chi connectivity index (χ1v) is 5.40. The fourth-order valence-electron chi connectivity index (χ4n) is 1.80. The molecule has 1 heteroatoms. The third-order valence-corrected chi connectivity index (χ3v) is 2.48. The lowest BCUT2D eigenvalue weighted by Gasteiger charge is -2.23. The molecule has 1 N–H and O–H groups in total.